The van der Waals surface area contributed by atoms with Gasteiger partial charge in [0.15, 0.2) is 0 Å². The minimum atomic E-state index is -1.73. The van der Waals surface area contributed by atoms with Gasteiger partial charge in [-0.3, -0.25) is 4.79 Å². The van der Waals surface area contributed by atoms with E-state index in [9.17, 15) is 9.18 Å². The van der Waals surface area contributed by atoms with E-state index in [-0.39, 0.29) is 17.1 Å². The number of carbonyl (C=O) groups excluding carboxylic acids is 1. The van der Waals surface area contributed by atoms with E-state index in [1.807, 2.05) is 0 Å². The SMILES string of the molecule is O=C(NC1CCCC1)c1ccc(B(O)O)cc1F. The fourth-order valence-corrected chi connectivity index (χ4v) is 2.21. The highest BCUT2D eigenvalue weighted by Gasteiger charge is 2.21. The highest BCUT2D eigenvalue weighted by Crippen LogP contribution is 2.18. The topological polar surface area (TPSA) is 69.6 Å². The molecular weight excluding hydrogens is 236 g/mol. The van der Waals surface area contributed by atoms with Crippen LogP contribution < -0.4 is 10.8 Å². The molecule has 3 N–H and O–H groups in total. The van der Waals surface area contributed by atoms with Gasteiger partial charge in [-0.1, -0.05) is 18.9 Å². The number of carbonyl (C=O) groups is 1. The molecule has 0 bridgehead atoms. The standard InChI is InChI=1S/C12H15BFNO3/c14-11-7-8(13(17)18)5-6-10(11)12(16)15-9-3-1-2-4-9/h5-7,9,17-18H,1-4H2,(H,15,16). The van der Waals surface area contributed by atoms with Crippen molar-refractivity contribution in [3.05, 3.63) is 29.6 Å². The zero-order valence-corrected chi connectivity index (χ0v) is 9.90. The summed E-state index contributed by atoms with van der Waals surface area (Å²) < 4.78 is 13.7. The monoisotopic (exact) mass is 251 g/mol. The molecule has 1 fully saturated rings. The largest absolute Gasteiger partial charge is 0.488 e. The van der Waals surface area contributed by atoms with Crippen molar-refractivity contribution in [2.24, 2.45) is 0 Å². The molecule has 6 heteroatoms. The second kappa shape index (κ2) is 5.50. The molecule has 0 heterocycles. The number of benzene rings is 1. The van der Waals surface area contributed by atoms with Crippen molar-refractivity contribution in [2.75, 3.05) is 0 Å². The van der Waals surface area contributed by atoms with Crippen molar-refractivity contribution in [3.63, 3.8) is 0 Å². The van der Waals surface area contributed by atoms with Gasteiger partial charge < -0.3 is 15.4 Å². The van der Waals surface area contributed by atoms with Gasteiger partial charge in [-0.15, -0.1) is 0 Å². The minimum absolute atomic E-state index is 0.0323. The second-order valence-electron chi connectivity index (χ2n) is 4.57. The predicted molar refractivity (Wildman–Crippen MR) is 65.9 cm³/mol. The van der Waals surface area contributed by atoms with Crippen molar-refractivity contribution < 1.29 is 19.2 Å². The summed E-state index contributed by atoms with van der Waals surface area (Å²) in [5.41, 5.74) is -0.0313. The van der Waals surface area contributed by atoms with Gasteiger partial charge in [-0.25, -0.2) is 4.39 Å². The number of halogens is 1. The third kappa shape index (κ3) is 2.89. The summed E-state index contributed by atoms with van der Waals surface area (Å²) in [6, 6.07) is 3.69. The van der Waals surface area contributed by atoms with Crippen LogP contribution in [-0.2, 0) is 0 Å². The van der Waals surface area contributed by atoms with E-state index in [0.29, 0.717) is 0 Å². The van der Waals surface area contributed by atoms with Crippen molar-refractivity contribution >= 4 is 18.5 Å². The van der Waals surface area contributed by atoms with E-state index < -0.39 is 18.8 Å². The van der Waals surface area contributed by atoms with Gasteiger partial charge in [-0.05, 0) is 30.4 Å². The average Bonchev–Trinajstić information content (AvgIpc) is 2.81. The molecule has 0 unspecified atom stereocenters. The molecule has 0 aromatic heterocycles. The molecule has 96 valence electrons. The van der Waals surface area contributed by atoms with E-state index in [1.54, 1.807) is 0 Å². The van der Waals surface area contributed by atoms with Crippen LogP contribution in [-0.4, -0.2) is 29.1 Å². The van der Waals surface area contributed by atoms with Crippen LogP contribution in [0.1, 0.15) is 36.0 Å². The summed E-state index contributed by atoms with van der Waals surface area (Å²) in [5.74, 6) is -1.19. The molecule has 1 aromatic rings. The van der Waals surface area contributed by atoms with Crippen LogP contribution in [0.15, 0.2) is 18.2 Å². The van der Waals surface area contributed by atoms with Gasteiger partial charge in [-0.2, -0.15) is 0 Å². The van der Waals surface area contributed by atoms with E-state index >= 15 is 0 Å². The maximum absolute atomic E-state index is 13.7. The van der Waals surface area contributed by atoms with Gasteiger partial charge >= 0.3 is 7.12 Å². The van der Waals surface area contributed by atoms with Crippen molar-refractivity contribution in [1.82, 2.24) is 5.32 Å². The number of nitrogens with one attached hydrogen (secondary N) is 1. The Morgan fingerprint density at radius 3 is 2.56 bits per heavy atom. The lowest BCUT2D eigenvalue weighted by Crippen LogP contribution is -2.34. The maximum Gasteiger partial charge on any atom is 0.488 e. The zero-order chi connectivity index (χ0) is 13.1. The predicted octanol–water partition coefficient (Wildman–Crippen LogP) is 0.178. The van der Waals surface area contributed by atoms with Crippen LogP contribution >= 0.6 is 0 Å². The molecule has 1 aromatic carbocycles. The van der Waals surface area contributed by atoms with Crippen LogP contribution in [0.25, 0.3) is 0 Å². The molecule has 1 aliphatic rings. The molecule has 4 nitrogen and oxygen atoms in total. The molecule has 0 saturated heterocycles. The van der Waals surface area contributed by atoms with E-state index in [1.165, 1.54) is 12.1 Å². The molecule has 18 heavy (non-hydrogen) atoms. The molecule has 2 rings (SSSR count). The van der Waals surface area contributed by atoms with Crippen LogP contribution in [0.5, 0.6) is 0 Å². The number of rotatable bonds is 3. The first kappa shape index (κ1) is 13.0. The van der Waals surface area contributed by atoms with E-state index in [4.69, 9.17) is 10.0 Å². The van der Waals surface area contributed by atoms with Gasteiger partial charge in [0.1, 0.15) is 5.82 Å². The van der Waals surface area contributed by atoms with E-state index in [2.05, 4.69) is 5.32 Å². The first-order valence-electron chi connectivity index (χ1n) is 6.04. The molecular formula is C12H15BFNO3. The summed E-state index contributed by atoms with van der Waals surface area (Å²) in [6.45, 7) is 0. The fraction of sp³-hybridized carbons (Fsp3) is 0.417. The summed E-state index contributed by atoms with van der Waals surface area (Å²) in [5, 5.41) is 20.6. The summed E-state index contributed by atoms with van der Waals surface area (Å²) >= 11 is 0. The summed E-state index contributed by atoms with van der Waals surface area (Å²) in [7, 11) is -1.73. The molecule has 1 aliphatic carbocycles. The Hall–Kier alpha value is -1.40. The Kier molecular flexibility index (Phi) is 3.99. The Morgan fingerprint density at radius 2 is 2.00 bits per heavy atom. The minimum Gasteiger partial charge on any atom is -0.423 e. The van der Waals surface area contributed by atoms with Crippen molar-refractivity contribution in [2.45, 2.75) is 31.7 Å². The quantitative estimate of drug-likeness (QED) is 0.671. The Bertz CT molecular complexity index is 447. The smallest absolute Gasteiger partial charge is 0.423 e. The third-order valence-electron chi connectivity index (χ3n) is 3.23. The maximum atomic E-state index is 13.7. The molecule has 0 aliphatic heterocycles. The van der Waals surface area contributed by atoms with Crippen molar-refractivity contribution in [3.8, 4) is 0 Å². The fourth-order valence-electron chi connectivity index (χ4n) is 2.21. The molecule has 1 amide bonds. The van der Waals surface area contributed by atoms with Crippen molar-refractivity contribution in [1.29, 1.82) is 0 Å². The molecule has 0 radical (unpaired) electrons. The van der Waals surface area contributed by atoms with Crippen LogP contribution in [0.3, 0.4) is 0 Å². The normalized spacial score (nSPS) is 15.7. The Morgan fingerprint density at radius 1 is 1.33 bits per heavy atom. The zero-order valence-electron chi connectivity index (χ0n) is 9.90. The summed E-state index contributed by atoms with van der Waals surface area (Å²) in [4.78, 5) is 11.8. The highest BCUT2D eigenvalue weighted by molar-refractivity contribution is 6.58. The van der Waals surface area contributed by atoms with E-state index in [0.717, 1.165) is 31.7 Å². The van der Waals surface area contributed by atoms with Gasteiger partial charge in [0.25, 0.3) is 5.91 Å². The first-order chi connectivity index (χ1) is 8.58. The third-order valence-corrected chi connectivity index (χ3v) is 3.23. The summed E-state index contributed by atoms with van der Waals surface area (Å²) in [6.07, 6.45) is 4.04. The molecule has 1 saturated carbocycles. The first-order valence-corrected chi connectivity index (χ1v) is 6.04. The lowest BCUT2D eigenvalue weighted by molar-refractivity contribution is 0.0934. The van der Waals surface area contributed by atoms with Gasteiger partial charge in [0.05, 0.1) is 5.56 Å². The Balaban J connectivity index is 2.10. The second-order valence-corrected chi connectivity index (χ2v) is 4.57. The lowest BCUT2D eigenvalue weighted by atomic mass is 9.80. The van der Waals surface area contributed by atoms with Gasteiger partial charge in [0, 0.05) is 6.04 Å². The Labute approximate surface area is 105 Å². The molecule has 0 spiro atoms. The number of hydrogen-bond donors (Lipinski definition) is 3. The van der Waals surface area contributed by atoms with Crippen LogP contribution in [0, 0.1) is 5.82 Å². The molecule has 0 atom stereocenters. The highest BCUT2D eigenvalue weighted by atomic mass is 19.1. The number of amides is 1. The van der Waals surface area contributed by atoms with Crippen LogP contribution in [0.4, 0.5) is 4.39 Å². The lowest BCUT2D eigenvalue weighted by Gasteiger charge is -2.12. The van der Waals surface area contributed by atoms with Crippen LogP contribution in [0.2, 0.25) is 0 Å². The number of hydrogen-bond acceptors (Lipinski definition) is 3. The average molecular weight is 251 g/mol. The van der Waals surface area contributed by atoms with Gasteiger partial charge in [0.2, 0.25) is 0 Å².